The maximum Gasteiger partial charge on any atom is 0.433 e. The van der Waals surface area contributed by atoms with Gasteiger partial charge in [0.15, 0.2) is 5.69 Å². The van der Waals surface area contributed by atoms with E-state index in [2.05, 4.69) is 27.1 Å². The Hall–Kier alpha value is -4.45. The van der Waals surface area contributed by atoms with Gasteiger partial charge < -0.3 is 9.47 Å². The van der Waals surface area contributed by atoms with Crippen LogP contribution in [0, 0.1) is 0 Å². The Labute approximate surface area is 239 Å². The lowest BCUT2D eigenvalue weighted by atomic mass is 9.89. The Morgan fingerprint density at radius 2 is 1.81 bits per heavy atom. The predicted octanol–water partition coefficient (Wildman–Crippen LogP) is 4.70. The molecule has 5 heterocycles. The largest absolute Gasteiger partial charge is 0.433 e. The van der Waals surface area contributed by atoms with Gasteiger partial charge in [-0.05, 0) is 67.7 Å². The summed E-state index contributed by atoms with van der Waals surface area (Å²) in [4.78, 5) is 33.9. The molecule has 42 heavy (non-hydrogen) atoms. The van der Waals surface area contributed by atoms with Gasteiger partial charge in [-0.3, -0.25) is 24.2 Å². The van der Waals surface area contributed by atoms with E-state index in [0.717, 1.165) is 31.6 Å². The van der Waals surface area contributed by atoms with Crippen LogP contribution >= 0.6 is 0 Å². The highest BCUT2D eigenvalue weighted by atomic mass is 19.4. The fourth-order valence-corrected chi connectivity index (χ4v) is 5.85. The summed E-state index contributed by atoms with van der Waals surface area (Å²) in [6, 6.07) is 12.9. The standard InChI is InChI=1S/C30H30F3N7O2/c1-37(2)28(41)20-6-4-18(5-7-20)19-9-13-39(14-10-19)17-21-16-22-24(8-12-34-27(22)38(21)3)40-15-11-23-25(29(40)42)26(36-35-23)30(31,32)33/h4-8,11-12,15-16,19H,9-10,13-14,17H2,1-3H3,(H,35,36). The minimum absolute atomic E-state index is 0.0121. The summed E-state index contributed by atoms with van der Waals surface area (Å²) in [6.07, 6.45) is 0.233. The number of piperidine rings is 1. The summed E-state index contributed by atoms with van der Waals surface area (Å²) in [5.74, 6) is 0.402. The van der Waals surface area contributed by atoms with Crippen molar-refractivity contribution in [2.75, 3.05) is 27.2 Å². The van der Waals surface area contributed by atoms with Crippen molar-refractivity contribution in [2.24, 2.45) is 7.05 Å². The summed E-state index contributed by atoms with van der Waals surface area (Å²) >= 11 is 0. The number of hydrogen-bond acceptors (Lipinski definition) is 5. The van der Waals surface area contributed by atoms with E-state index in [1.165, 1.54) is 22.4 Å². The van der Waals surface area contributed by atoms with Gasteiger partial charge in [-0.2, -0.15) is 18.3 Å². The molecular formula is C30H30F3N7O2. The number of aromatic amines is 1. The average Bonchev–Trinajstić information content (AvgIpc) is 3.56. The number of nitrogens with zero attached hydrogens (tertiary/aromatic N) is 6. The maximum atomic E-state index is 13.5. The molecular weight excluding hydrogens is 547 g/mol. The number of alkyl halides is 3. The smallest absolute Gasteiger partial charge is 0.345 e. The first-order valence-corrected chi connectivity index (χ1v) is 13.7. The van der Waals surface area contributed by atoms with Crippen LogP contribution in [0.3, 0.4) is 0 Å². The quantitative estimate of drug-likeness (QED) is 0.327. The number of fused-ring (bicyclic) bond motifs is 2. The van der Waals surface area contributed by atoms with Gasteiger partial charge in [-0.15, -0.1) is 0 Å². The molecule has 218 valence electrons. The molecule has 1 aliphatic heterocycles. The van der Waals surface area contributed by atoms with Crippen molar-refractivity contribution < 1.29 is 18.0 Å². The third kappa shape index (κ3) is 4.85. The van der Waals surface area contributed by atoms with Gasteiger partial charge in [-0.1, -0.05) is 12.1 Å². The number of hydrogen-bond donors (Lipinski definition) is 1. The predicted molar refractivity (Wildman–Crippen MR) is 153 cm³/mol. The molecule has 5 aromatic rings. The fraction of sp³-hybridized carbons (Fsp3) is 0.333. The van der Waals surface area contributed by atoms with E-state index in [0.29, 0.717) is 34.7 Å². The molecule has 0 spiro atoms. The van der Waals surface area contributed by atoms with Gasteiger partial charge in [0.1, 0.15) is 5.65 Å². The van der Waals surface area contributed by atoms with E-state index in [9.17, 15) is 22.8 Å². The molecule has 0 unspecified atom stereocenters. The number of aromatic nitrogens is 5. The first-order valence-electron chi connectivity index (χ1n) is 13.7. The van der Waals surface area contributed by atoms with Crippen molar-refractivity contribution in [3.8, 4) is 5.69 Å². The molecule has 1 saturated heterocycles. The van der Waals surface area contributed by atoms with Crippen LogP contribution in [0.2, 0.25) is 0 Å². The van der Waals surface area contributed by atoms with Crippen molar-refractivity contribution in [1.82, 2.24) is 34.1 Å². The van der Waals surface area contributed by atoms with Crippen molar-refractivity contribution in [3.05, 3.63) is 87.7 Å². The van der Waals surface area contributed by atoms with Crippen molar-refractivity contribution in [2.45, 2.75) is 31.5 Å². The topological polar surface area (TPSA) is 92.1 Å². The number of rotatable bonds is 5. The van der Waals surface area contributed by atoms with E-state index >= 15 is 0 Å². The Kier molecular flexibility index (Phi) is 6.88. The number of nitrogens with one attached hydrogen (secondary N) is 1. The highest BCUT2D eigenvalue weighted by molar-refractivity contribution is 5.94. The number of likely N-dealkylation sites (tertiary alicyclic amines) is 1. The van der Waals surface area contributed by atoms with Crippen LogP contribution in [0.4, 0.5) is 13.2 Å². The second-order valence-corrected chi connectivity index (χ2v) is 11.0. The van der Waals surface area contributed by atoms with Crippen LogP contribution in [0.5, 0.6) is 0 Å². The summed E-state index contributed by atoms with van der Waals surface area (Å²) in [6.45, 7) is 2.45. The normalized spacial score (nSPS) is 15.1. The third-order valence-corrected chi connectivity index (χ3v) is 8.17. The number of benzene rings is 1. The zero-order valence-corrected chi connectivity index (χ0v) is 23.4. The minimum atomic E-state index is -4.73. The van der Waals surface area contributed by atoms with E-state index in [1.54, 1.807) is 31.3 Å². The van der Waals surface area contributed by atoms with E-state index in [1.807, 2.05) is 34.9 Å². The molecule has 12 heteroatoms. The second kappa shape index (κ2) is 10.4. The number of carbonyl (C=O) groups is 1. The molecule has 1 N–H and O–H groups in total. The molecule has 1 fully saturated rings. The van der Waals surface area contributed by atoms with Crippen molar-refractivity contribution in [3.63, 3.8) is 0 Å². The summed E-state index contributed by atoms with van der Waals surface area (Å²) < 4.78 is 43.8. The molecule has 4 aromatic heterocycles. The first-order chi connectivity index (χ1) is 20.0. The van der Waals surface area contributed by atoms with Crippen LogP contribution in [0.15, 0.2) is 59.7 Å². The molecule has 1 aromatic carbocycles. The molecule has 1 amide bonds. The van der Waals surface area contributed by atoms with Gasteiger partial charge in [-0.25, -0.2) is 4.98 Å². The average molecular weight is 578 g/mol. The maximum absolute atomic E-state index is 13.5. The van der Waals surface area contributed by atoms with Gasteiger partial charge in [0.2, 0.25) is 0 Å². The molecule has 0 radical (unpaired) electrons. The number of H-pyrrole nitrogens is 1. The van der Waals surface area contributed by atoms with E-state index in [4.69, 9.17) is 0 Å². The summed E-state index contributed by atoms with van der Waals surface area (Å²) in [7, 11) is 5.39. The van der Waals surface area contributed by atoms with Crippen LogP contribution in [-0.4, -0.2) is 67.2 Å². The SMILES string of the molecule is CN(C)C(=O)c1ccc(C2CCN(Cc3cc4c(-n5ccc6n[nH]c(C(F)(F)F)c6c5=O)ccnc4n3C)CC2)cc1. The number of amides is 1. The second-order valence-electron chi connectivity index (χ2n) is 11.0. The molecule has 0 bridgehead atoms. The van der Waals surface area contributed by atoms with Crippen molar-refractivity contribution >= 4 is 27.8 Å². The number of halogens is 3. The Morgan fingerprint density at radius 1 is 1.10 bits per heavy atom. The monoisotopic (exact) mass is 577 g/mol. The van der Waals surface area contributed by atoms with Crippen molar-refractivity contribution in [1.29, 1.82) is 0 Å². The fourth-order valence-electron chi connectivity index (χ4n) is 5.85. The molecule has 6 rings (SSSR count). The Morgan fingerprint density at radius 3 is 2.48 bits per heavy atom. The zero-order chi connectivity index (χ0) is 29.8. The number of aryl methyl sites for hydroxylation is 1. The molecule has 0 atom stereocenters. The molecule has 0 aliphatic carbocycles. The zero-order valence-electron chi connectivity index (χ0n) is 23.4. The lowest BCUT2D eigenvalue weighted by Crippen LogP contribution is -2.33. The van der Waals surface area contributed by atoms with Crippen LogP contribution < -0.4 is 5.56 Å². The summed E-state index contributed by atoms with van der Waals surface area (Å²) in [5, 5.41) is 5.82. The lowest BCUT2D eigenvalue weighted by molar-refractivity contribution is -0.140. The Bertz CT molecular complexity index is 1840. The van der Waals surface area contributed by atoms with Gasteiger partial charge in [0, 0.05) is 56.7 Å². The van der Waals surface area contributed by atoms with Gasteiger partial charge in [0.25, 0.3) is 11.5 Å². The highest BCUT2D eigenvalue weighted by Gasteiger charge is 2.36. The van der Waals surface area contributed by atoms with Gasteiger partial charge >= 0.3 is 6.18 Å². The highest BCUT2D eigenvalue weighted by Crippen LogP contribution is 2.33. The van der Waals surface area contributed by atoms with E-state index < -0.39 is 22.8 Å². The van der Waals surface area contributed by atoms with Crippen LogP contribution in [0.1, 0.15) is 46.1 Å². The minimum Gasteiger partial charge on any atom is -0.345 e. The molecule has 0 saturated carbocycles. The van der Waals surface area contributed by atoms with E-state index in [-0.39, 0.29) is 11.4 Å². The first kappa shape index (κ1) is 27.7. The lowest BCUT2D eigenvalue weighted by Gasteiger charge is -2.32. The molecule has 9 nitrogen and oxygen atoms in total. The molecule has 1 aliphatic rings. The van der Waals surface area contributed by atoms with Crippen LogP contribution in [0.25, 0.3) is 27.6 Å². The number of carbonyl (C=O) groups excluding carboxylic acids is 1. The Balaban J connectivity index is 1.23. The van der Waals surface area contributed by atoms with Gasteiger partial charge in [0.05, 0.1) is 16.6 Å². The third-order valence-electron chi connectivity index (χ3n) is 8.17. The van der Waals surface area contributed by atoms with Crippen LogP contribution in [-0.2, 0) is 19.8 Å². The summed E-state index contributed by atoms with van der Waals surface area (Å²) in [5.41, 5.74) is 2.00. The number of pyridine rings is 2.